The minimum Gasteiger partial charge on any atom is -0.493 e. The lowest BCUT2D eigenvalue weighted by Crippen LogP contribution is -2.05. The van der Waals surface area contributed by atoms with Crippen LogP contribution in [0.15, 0.2) is 18.2 Å². The fraction of sp³-hybridized carbons (Fsp3) is 0.300. The Kier molecular flexibility index (Phi) is 4.53. The van der Waals surface area contributed by atoms with E-state index in [0.717, 1.165) is 0 Å². The lowest BCUT2D eigenvalue weighted by atomic mass is 10.2. The van der Waals surface area contributed by atoms with Gasteiger partial charge in [-0.05, 0) is 22.7 Å². The molecule has 0 fully saturated rings. The van der Waals surface area contributed by atoms with Crippen molar-refractivity contribution in [3.05, 3.63) is 23.8 Å². The van der Waals surface area contributed by atoms with E-state index in [1.807, 2.05) is 0 Å². The van der Waals surface area contributed by atoms with Crippen LogP contribution in [0.25, 0.3) is 0 Å². The minimum atomic E-state index is -1.06. The lowest BCUT2D eigenvalue weighted by Gasteiger charge is -2.10. The SMILES string of the molecule is COc1cc(C(=O)O)ccc1OCCOF. The van der Waals surface area contributed by atoms with E-state index in [-0.39, 0.29) is 24.5 Å². The molecule has 0 aromatic heterocycles. The molecule has 0 saturated carbocycles. The molecule has 1 aromatic rings. The molecular formula is C10H11FO5. The molecule has 0 aliphatic rings. The molecule has 0 aliphatic carbocycles. The smallest absolute Gasteiger partial charge is 0.335 e. The van der Waals surface area contributed by atoms with Crippen LogP contribution in [0.1, 0.15) is 10.4 Å². The Labute approximate surface area is 91.3 Å². The van der Waals surface area contributed by atoms with Crippen LogP contribution in [0.5, 0.6) is 11.5 Å². The number of benzene rings is 1. The summed E-state index contributed by atoms with van der Waals surface area (Å²) in [5, 5.41) is 8.74. The number of carboxylic acid groups (broad SMARTS) is 1. The number of methoxy groups -OCH3 is 1. The van der Waals surface area contributed by atoms with E-state index in [1.54, 1.807) is 0 Å². The zero-order valence-electron chi connectivity index (χ0n) is 8.60. The number of carbonyl (C=O) groups is 1. The second kappa shape index (κ2) is 5.92. The number of ether oxygens (including phenoxy) is 2. The maximum Gasteiger partial charge on any atom is 0.335 e. The molecule has 1 aromatic carbocycles. The van der Waals surface area contributed by atoms with E-state index < -0.39 is 5.97 Å². The first-order valence-electron chi connectivity index (χ1n) is 4.46. The Morgan fingerprint density at radius 1 is 1.38 bits per heavy atom. The molecule has 5 nitrogen and oxygen atoms in total. The Morgan fingerprint density at radius 3 is 2.69 bits per heavy atom. The Morgan fingerprint density at radius 2 is 2.12 bits per heavy atom. The number of halogens is 1. The van der Waals surface area contributed by atoms with Gasteiger partial charge in [0, 0.05) is 0 Å². The van der Waals surface area contributed by atoms with Gasteiger partial charge in [0.25, 0.3) is 0 Å². The third-order valence-electron chi connectivity index (χ3n) is 1.83. The molecule has 0 radical (unpaired) electrons. The molecule has 6 heteroatoms. The summed E-state index contributed by atoms with van der Waals surface area (Å²) in [6.45, 7) is -0.191. The predicted octanol–water partition coefficient (Wildman–Crippen LogP) is 1.67. The first-order chi connectivity index (χ1) is 7.69. The van der Waals surface area contributed by atoms with Crippen LogP contribution in [0.2, 0.25) is 0 Å². The van der Waals surface area contributed by atoms with Crippen LogP contribution in [-0.2, 0) is 4.94 Å². The van der Waals surface area contributed by atoms with Gasteiger partial charge in [-0.15, -0.1) is 0 Å². The summed E-state index contributed by atoms with van der Waals surface area (Å²) in [6, 6.07) is 4.14. The second-order valence-corrected chi connectivity index (χ2v) is 2.83. The van der Waals surface area contributed by atoms with Crippen LogP contribution in [0, 0.1) is 0 Å². The van der Waals surface area contributed by atoms with Gasteiger partial charge in [-0.2, -0.15) is 4.94 Å². The summed E-state index contributed by atoms with van der Waals surface area (Å²) in [4.78, 5) is 14.0. The number of hydrogen-bond acceptors (Lipinski definition) is 4. The second-order valence-electron chi connectivity index (χ2n) is 2.83. The summed E-state index contributed by atoms with van der Waals surface area (Å²) in [5.41, 5.74) is 0.0888. The van der Waals surface area contributed by atoms with Gasteiger partial charge in [0.15, 0.2) is 11.5 Å². The predicted molar refractivity (Wildman–Crippen MR) is 52.5 cm³/mol. The highest BCUT2D eigenvalue weighted by molar-refractivity contribution is 5.88. The van der Waals surface area contributed by atoms with Crippen molar-refractivity contribution in [3.8, 4) is 11.5 Å². The van der Waals surface area contributed by atoms with Crippen molar-refractivity contribution in [1.82, 2.24) is 0 Å². The maximum absolute atomic E-state index is 11.4. The molecule has 88 valence electrons. The normalized spacial score (nSPS) is 9.88. The van der Waals surface area contributed by atoms with Crippen LogP contribution < -0.4 is 9.47 Å². The zero-order valence-corrected chi connectivity index (χ0v) is 8.60. The van der Waals surface area contributed by atoms with Crippen molar-refractivity contribution in [1.29, 1.82) is 0 Å². The average molecular weight is 230 g/mol. The zero-order chi connectivity index (χ0) is 12.0. The number of hydrogen-bond donors (Lipinski definition) is 1. The van der Waals surface area contributed by atoms with Crippen LogP contribution in [0.3, 0.4) is 0 Å². The summed E-state index contributed by atoms with van der Waals surface area (Å²) >= 11 is 0. The quantitative estimate of drug-likeness (QED) is 0.753. The molecule has 0 heterocycles. The minimum absolute atomic E-state index is 0.0132. The number of rotatable bonds is 6. The van der Waals surface area contributed by atoms with Crippen molar-refractivity contribution in [2.75, 3.05) is 20.3 Å². The van der Waals surface area contributed by atoms with Gasteiger partial charge < -0.3 is 14.6 Å². The van der Waals surface area contributed by atoms with E-state index in [2.05, 4.69) is 4.94 Å². The van der Waals surface area contributed by atoms with Crippen LogP contribution in [0.4, 0.5) is 4.53 Å². The van der Waals surface area contributed by atoms with Gasteiger partial charge in [-0.25, -0.2) is 4.79 Å². The van der Waals surface area contributed by atoms with Gasteiger partial charge in [0.2, 0.25) is 0 Å². The third-order valence-corrected chi connectivity index (χ3v) is 1.83. The first-order valence-corrected chi connectivity index (χ1v) is 4.46. The van der Waals surface area contributed by atoms with Crippen LogP contribution in [-0.4, -0.2) is 31.4 Å². The van der Waals surface area contributed by atoms with Gasteiger partial charge in [0.1, 0.15) is 13.2 Å². The summed E-state index contributed by atoms with van der Waals surface area (Å²) in [5.74, 6) is -0.444. The van der Waals surface area contributed by atoms with Gasteiger partial charge in [0.05, 0.1) is 12.7 Å². The van der Waals surface area contributed by atoms with E-state index >= 15 is 0 Å². The molecule has 0 saturated heterocycles. The van der Waals surface area contributed by atoms with Crippen LogP contribution >= 0.6 is 0 Å². The molecule has 1 rings (SSSR count). The standard InChI is InChI=1S/C10H11FO5/c1-14-9-6-7(10(12)13)2-3-8(9)15-4-5-16-11/h2-3,6H,4-5H2,1H3,(H,12,13). The number of carboxylic acids is 1. The summed E-state index contributed by atoms with van der Waals surface area (Å²) in [6.07, 6.45) is 0. The molecule has 0 spiro atoms. The largest absolute Gasteiger partial charge is 0.493 e. The fourth-order valence-corrected chi connectivity index (χ4v) is 1.10. The molecule has 0 atom stereocenters. The topological polar surface area (TPSA) is 65.0 Å². The van der Waals surface area contributed by atoms with Gasteiger partial charge >= 0.3 is 5.97 Å². The van der Waals surface area contributed by atoms with Crippen molar-refractivity contribution in [2.24, 2.45) is 0 Å². The average Bonchev–Trinajstić information content (AvgIpc) is 2.29. The lowest BCUT2D eigenvalue weighted by molar-refractivity contribution is -0.138. The molecule has 16 heavy (non-hydrogen) atoms. The molecule has 0 aliphatic heterocycles. The molecule has 0 bridgehead atoms. The van der Waals surface area contributed by atoms with Gasteiger partial charge in [-0.1, -0.05) is 0 Å². The highest BCUT2D eigenvalue weighted by atomic mass is 19.3. The highest BCUT2D eigenvalue weighted by Gasteiger charge is 2.09. The Balaban J connectivity index is 2.80. The molecular weight excluding hydrogens is 219 g/mol. The number of aromatic carboxylic acids is 1. The monoisotopic (exact) mass is 230 g/mol. The fourth-order valence-electron chi connectivity index (χ4n) is 1.10. The van der Waals surface area contributed by atoms with E-state index in [0.29, 0.717) is 5.75 Å². The Bertz CT molecular complexity index is 366. The maximum atomic E-state index is 11.4. The Hall–Kier alpha value is -1.82. The van der Waals surface area contributed by atoms with E-state index in [9.17, 15) is 9.32 Å². The molecule has 0 amide bonds. The van der Waals surface area contributed by atoms with Gasteiger partial charge in [-0.3, -0.25) is 0 Å². The van der Waals surface area contributed by atoms with Crippen molar-refractivity contribution in [2.45, 2.75) is 0 Å². The van der Waals surface area contributed by atoms with Crippen molar-refractivity contribution >= 4 is 5.97 Å². The van der Waals surface area contributed by atoms with Crippen molar-refractivity contribution < 1.29 is 28.8 Å². The van der Waals surface area contributed by atoms with E-state index in [4.69, 9.17) is 14.6 Å². The van der Waals surface area contributed by atoms with Crippen molar-refractivity contribution in [3.63, 3.8) is 0 Å². The van der Waals surface area contributed by atoms with E-state index in [1.165, 1.54) is 25.3 Å². The third kappa shape index (κ3) is 3.09. The highest BCUT2D eigenvalue weighted by Crippen LogP contribution is 2.27. The molecule has 1 N–H and O–H groups in total. The summed E-state index contributed by atoms with van der Waals surface area (Å²) < 4.78 is 21.4. The first kappa shape index (κ1) is 12.3. The molecule has 0 unspecified atom stereocenters. The summed E-state index contributed by atoms with van der Waals surface area (Å²) in [7, 11) is 1.39.